The smallest absolute Gasteiger partial charge is 0.261 e. The second kappa shape index (κ2) is 9.30. The van der Waals surface area contributed by atoms with Crippen molar-refractivity contribution in [1.82, 2.24) is 14.5 Å². The number of nitrogens with one attached hydrogen (secondary N) is 4. The third-order valence-corrected chi connectivity index (χ3v) is 5.60. The van der Waals surface area contributed by atoms with Gasteiger partial charge in [-0.1, -0.05) is 25.0 Å². The molecule has 31 heavy (non-hydrogen) atoms. The van der Waals surface area contributed by atoms with Gasteiger partial charge in [0.25, 0.3) is 5.56 Å². The maximum Gasteiger partial charge on any atom is 0.261 e. The quantitative estimate of drug-likeness (QED) is 0.362. The molecule has 1 fully saturated rings. The van der Waals surface area contributed by atoms with Crippen molar-refractivity contribution in [2.45, 2.75) is 38.3 Å². The topological polar surface area (TPSA) is 122 Å². The molecule has 2 aromatic heterocycles. The third kappa shape index (κ3) is 4.83. The molecule has 158 valence electrons. The van der Waals surface area contributed by atoms with E-state index in [9.17, 15) is 10.1 Å². The largest absolute Gasteiger partial charge is 0.380 e. The lowest BCUT2D eigenvalue weighted by Gasteiger charge is -2.29. The Morgan fingerprint density at radius 3 is 3.00 bits per heavy atom. The molecule has 2 heterocycles. The van der Waals surface area contributed by atoms with Crippen LogP contribution in [0.15, 0.2) is 60.0 Å². The SMILES string of the molecule is N#C[C@H]1CCCC[C@@H]1Nc1cc[nH]c(=O)c1C(=N)Nc1cccc(Cn2ccnc2)c1. The summed E-state index contributed by atoms with van der Waals surface area (Å²) in [6, 6.07) is 11.8. The van der Waals surface area contributed by atoms with Crippen molar-refractivity contribution in [3.05, 3.63) is 76.7 Å². The van der Waals surface area contributed by atoms with Crippen LogP contribution in [0, 0.1) is 22.7 Å². The minimum absolute atomic E-state index is 0.00782. The van der Waals surface area contributed by atoms with Gasteiger partial charge in [0, 0.05) is 36.9 Å². The molecule has 0 radical (unpaired) electrons. The summed E-state index contributed by atoms with van der Waals surface area (Å²) >= 11 is 0. The van der Waals surface area contributed by atoms with Crippen molar-refractivity contribution >= 4 is 17.2 Å². The maximum absolute atomic E-state index is 12.6. The van der Waals surface area contributed by atoms with Gasteiger partial charge in [-0.3, -0.25) is 10.2 Å². The molecule has 1 aliphatic rings. The molecule has 8 nitrogen and oxygen atoms in total. The lowest BCUT2D eigenvalue weighted by atomic mass is 9.85. The van der Waals surface area contributed by atoms with Gasteiger partial charge in [0.2, 0.25) is 0 Å². The fourth-order valence-electron chi connectivity index (χ4n) is 4.05. The number of aromatic amines is 1. The van der Waals surface area contributed by atoms with E-state index in [1.165, 1.54) is 0 Å². The van der Waals surface area contributed by atoms with E-state index >= 15 is 0 Å². The van der Waals surface area contributed by atoms with E-state index in [0.717, 1.165) is 36.9 Å². The fraction of sp³-hybridized carbons (Fsp3) is 0.304. The van der Waals surface area contributed by atoms with Gasteiger partial charge in [-0.25, -0.2) is 4.98 Å². The van der Waals surface area contributed by atoms with Crippen LogP contribution in [0.25, 0.3) is 0 Å². The van der Waals surface area contributed by atoms with E-state index in [2.05, 4.69) is 26.7 Å². The molecule has 0 saturated heterocycles. The standard InChI is InChI=1S/C23H25N7O/c24-13-17-5-1-2-7-19(17)29-20-8-9-27-23(31)21(20)22(25)28-18-6-3-4-16(12-18)14-30-11-10-26-15-30/h3-4,6,8-12,15,17,19H,1-2,5,7,14H2,(H2,25,28)(H2,27,29,31)/t17-,19+/m1/s1. The van der Waals surface area contributed by atoms with E-state index in [1.807, 2.05) is 35.0 Å². The highest BCUT2D eigenvalue weighted by atomic mass is 16.1. The number of H-pyrrole nitrogens is 1. The first-order valence-corrected chi connectivity index (χ1v) is 10.4. The Hall–Kier alpha value is -3.86. The molecule has 0 amide bonds. The zero-order valence-corrected chi connectivity index (χ0v) is 17.1. The van der Waals surface area contributed by atoms with Crippen LogP contribution < -0.4 is 16.2 Å². The number of benzene rings is 1. The van der Waals surface area contributed by atoms with Gasteiger partial charge in [-0.2, -0.15) is 5.26 Å². The molecule has 0 spiro atoms. The number of amidine groups is 1. The van der Waals surface area contributed by atoms with Crippen LogP contribution in [0.5, 0.6) is 0 Å². The molecule has 1 saturated carbocycles. The van der Waals surface area contributed by atoms with E-state index in [4.69, 9.17) is 5.41 Å². The molecule has 1 aliphatic carbocycles. The fourth-order valence-corrected chi connectivity index (χ4v) is 4.05. The van der Waals surface area contributed by atoms with E-state index in [1.54, 1.807) is 24.8 Å². The average Bonchev–Trinajstić information content (AvgIpc) is 3.27. The van der Waals surface area contributed by atoms with Crippen molar-refractivity contribution in [2.24, 2.45) is 5.92 Å². The minimum Gasteiger partial charge on any atom is -0.380 e. The van der Waals surface area contributed by atoms with Crippen molar-refractivity contribution in [3.8, 4) is 6.07 Å². The summed E-state index contributed by atoms with van der Waals surface area (Å²) in [5.41, 5.74) is 2.24. The monoisotopic (exact) mass is 415 g/mol. The number of pyridine rings is 1. The van der Waals surface area contributed by atoms with Crippen molar-refractivity contribution in [1.29, 1.82) is 10.7 Å². The van der Waals surface area contributed by atoms with Gasteiger partial charge in [-0.15, -0.1) is 0 Å². The number of rotatable bonds is 6. The highest BCUT2D eigenvalue weighted by molar-refractivity contribution is 6.09. The first-order valence-electron chi connectivity index (χ1n) is 10.4. The van der Waals surface area contributed by atoms with Gasteiger partial charge in [0.15, 0.2) is 0 Å². The second-order valence-corrected chi connectivity index (χ2v) is 7.80. The second-order valence-electron chi connectivity index (χ2n) is 7.80. The number of imidazole rings is 1. The van der Waals surface area contributed by atoms with Gasteiger partial charge in [-0.05, 0) is 36.6 Å². The Kier molecular flexibility index (Phi) is 6.13. The summed E-state index contributed by atoms with van der Waals surface area (Å²) in [4.78, 5) is 19.3. The first kappa shape index (κ1) is 20.4. The Morgan fingerprint density at radius 1 is 1.32 bits per heavy atom. The minimum atomic E-state index is -0.346. The number of hydrogen-bond acceptors (Lipinski definition) is 5. The van der Waals surface area contributed by atoms with Crippen LogP contribution in [0.3, 0.4) is 0 Å². The Labute approximate surface area is 180 Å². The molecule has 4 N–H and O–H groups in total. The molecule has 4 rings (SSSR count). The van der Waals surface area contributed by atoms with Crippen molar-refractivity contribution in [2.75, 3.05) is 10.6 Å². The van der Waals surface area contributed by atoms with Crippen molar-refractivity contribution in [3.63, 3.8) is 0 Å². The lowest BCUT2D eigenvalue weighted by molar-refractivity contribution is 0.388. The van der Waals surface area contributed by atoms with Gasteiger partial charge >= 0.3 is 0 Å². The van der Waals surface area contributed by atoms with Gasteiger partial charge in [0.1, 0.15) is 11.4 Å². The maximum atomic E-state index is 12.6. The van der Waals surface area contributed by atoms with E-state index in [-0.39, 0.29) is 28.9 Å². The highest BCUT2D eigenvalue weighted by Gasteiger charge is 2.26. The van der Waals surface area contributed by atoms with Crippen LogP contribution in [0.2, 0.25) is 0 Å². The lowest BCUT2D eigenvalue weighted by Crippen LogP contribution is -2.34. The molecule has 2 atom stereocenters. The van der Waals surface area contributed by atoms with Crippen molar-refractivity contribution < 1.29 is 0 Å². The number of nitrogens with zero attached hydrogens (tertiary/aromatic N) is 3. The van der Waals surface area contributed by atoms with Gasteiger partial charge < -0.3 is 20.2 Å². The first-order chi connectivity index (χ1) is 15.1. The predicted molar refractivity (Wildman–Crippen MR) is 120 cm³/mol. The molecule has 0 unspecified atom stereocenters. The molecule has 0 bridgehead atoms. The Morgan fingerprint density at radius 2 is 2.19 bits per heavy atom. The Balaban J connectivity index is 1.54. The number of nitriles is 1. The third-order valence-electron chi connectivity index (χ3n) is 5.60. The number of hydrogen-bond donors (Lipinski definition) is 4. The van der Waals surface area contributed by atoms with Crippen LogP contribution in [-0.4, -0.2) is 26.4 Å². The normalized spacial score (nSPS) is 18.2. The zero-order chi connectivity index (χ0) is 21.6. The average molecular weight is 416 g/mol. The molecule has 1 aromatic carbocycles. The van der Waals surface area contributed by atoms with Crippen LogP contribution in [0.1, 0.15) is 36.8 Å². The van der Waals surface area contributed by atoms with E-state index in [0.29, 0.717) is 12.2 Å². The van der Waals surface area contributed by atoms with Crippen LogP contribution in [0.4, 0.5) is 11.4 Å². The predicted octanol–water partition coefficient (Wildman–Crippen LogP) is 3.55. The Bertz CT molecular complexity index is 1140. The molecular weight excluding hydrogens is 390 g/mol. The van der Waals surface area contributed by atoms with E-state index < -0.39 is 0 Å². The molecule has 0 aliphatic heterocycles. The van der Waals surface area contributed by atoms with Crippen LogP contribution >= 0.6 is 0 Å². The molecular formula is C23H25N7O. The highest BCUT2D eigenvalue weighted by Crippen LogP contribution is 2.27. The molecule has 8 heteroatoms. The van der Waals surface area contributed by atoms with Crippen LogP contribution in [-0.2, 0) is 6.54 Å². The summed E-state index contributed by atoms with van der Waals surface area (Å²) in [5, 5.41) is 24.5. The summed E-state index contributed by atoms with van der Waals surface area (Å²) in [6.45, 7) is 0.665. The summed E-state index contributed by atoms with van der Waals surface area (Å²) in [7, 11) is 0. The zero-order valence-electron chi connectivity index (χ0n) is 17.1. The summed E-state index contributed by atoms with van der Waals surface area (Å²) in [5.74, 6) is -0.0867. The van der Waals surface area contributed by atoms with Gasteiger partial charge in [0.05, 0.1) is 24.0 Å². The summed E-state index contributed by atoms with van der Waals surface area (Å²) in [6.07, 6.45) is 10.8. The summed E-state index contributed by atoms with van der Waals surface area (Å²) < 4.78 is 1.96. The number of anilines is 2. The number of aromatic nitrogens is 3. The molecule has 3 aromatic rings.